The third-order valence-corrected chi connectivity index (χ3v) is 3.59. The van der Waals surface area contributed by atoms with E-state index < -0.39 is 5.91 Å². The van der Waals surface area contributed by atoms with Crippen molar-refractivity contribution in [3.05, 3.63) is 18.0 Å². The number of hydrogen-bond acceptors (Lipinski definition) is 4. The minimum Gasteiger partial charge on any atom is -0.370 e. The molecule has 1 aromatic rings. The Morgan fingerprint density at radius 3 is 3.00 bits per heavy atom. The van der Waals surface area contributed by atoms with E-state index in [1.807, 2.05) is 0 Å². The summed E-state index contributed by atoms with van der Waals surface area (Å²) < 4.78 is 7.18. The number of rotatable bonds is 8. The van der Waals surface area contributed by atoms with Crippen LogP contribution < -0.4 is 11.1 Å². The number of amides is 1. The first kappa shape index (κ1) is 15.0. The Hall–Kier alpha value is -1.40. The van der Waals surface area contributed by atoms with Crippen LogP contribution >= 0.6 is 0 Å². The van der Waals surface area contributed by atoms with Gasteiger partial charge in [-0.3, -0.25) is 9.48 Å². The predicted molar refractivity (Wildman–Crippen MR) is 76.1 cm³/mol. The van der Waals surface area contributed by atoms with Crippen molar-refractivity contribution < 1.29 is 9.53 Å². The average molecular weight is 280 g/mol. The molecule has 6 heteroatoms. The number of ether oxygens (including phenoxy) is 1. The van der Waals surface area contributed by atoms with Crippen molar-refractivity contribution in [3.8, 4) is 0 Å². The van der Waals surface area contributed by atoms with E-state index in [9.17, 15) is 4.79 Å². The van der Waals surface area contributed by atoms with E-state index in [1.54, 1.807) is 0 Å². The minimum absolute atomic E-state index is 0.0159. The van der Waals surface area contributed by atoms with Gasteiger partial charge in [-0.15, -0.1) is 0 Å². The van der Waals surface area contributed by atoms with Gasteiger partial charge in [0.2, 0.25) is 5.91 Å². The van der Waals surface area contributed by atoms with E-state index in [0.717, 1.165) is 12.2 Å². The highest BCUT2D eigenvalue weighted by molar-refractivity contribution is 5.74. The molecule has 0 unspecified atom stereocenters. The molecule has 1 fully saturated rings. The fraction of sp³-hybridized carbons (Fsp3) is 0.714. The van der Waals surface area contributed by atoms with Gasteiger partial charge in [0.1, 0.15) is 6.61 Å². The molecule has 1 aliphatic carbocycles. The zero-order valence-electron chi connectivity index (χ0n) is 11.9. The number of nitrogens with two attached hydrogens (primary N) is 1. The second kappa shape index (κ2) is 8.01. The Morgan fingerprint density at radius 2 is 2.25 bits per heavy atom. The lowest BCUT2D eigenvalue weighted by molar-refractivity contribution is -0.122. The van der Waals surface area contributed by atoms with Crippen molar-refractivity contribution >= 4 is 5.91 Å². The number of aromatic nitrogens is 2. The zero-order valence-corrected chi connectivity index (χ0v) is 11.9. The van der Waals surface area contributed by atoms with Crippen molar-refractivity contribution in [2.24, 2.45) is 5.73 Å². The molecule has 20 heavy (non-hydrogen) atoms. The molecule has 2 rings (SSSR count). The highest BCUT2D eigenvalue weighted by Gasteiger charge is 2.15. The van der Waals surface area contributed by atoms with Crippen LogP contribution in [0.15, 0.2) is 12.3 Å². The molecular weight excluding hydrogens is 256 g/mol. The van der Waals surface area contributed by atoms with Crippen LogP contribution in [0.5, 0.6) is 0 Å². The van der Waals surface area contributed by atoms with Gasteiger partial charge in [0.25, 0.3) is 0 Å². The first-order valence-corrected chi connectivity index (χ1v) is 7.36. The third-order valence-electron chi connectivity index (χ3n) is 3.59. The molecule has 0 bridgehead atoms. The van der Waals surface area contributed by atoms with Crippen molar-refractivity contribution in [2.45, 2.75) is 44.7 Å². The fourth-order valence-electron chi connectivity index (χ4n) is 2.55. The lowest BCUT2D eigenvalue weighted by atomic mass is 9.96. The maximum absolute atomic E-state index is 10.5. The molecule has 3 N–H and O–H groups in total. The normalized spacial score (nSPS) is 16.4. The first-order chi connectivity index (χ1) is 9.75. The zero-order chi connectivity index (χ0) is 14.2. The summed E-state index contributed by atoms with van der Waals surface area (Å²) >= 11 is 0. The molecule has 0 aromatic carbocycles. The molecule has 0 atom stereocenters. The third kappa shape index (κ3) is 4.94. The van der Waals surface area contributed by atoms with Gasteiger partial charge in [0, 0.05) is 19.3 Å². The lowest BCUT2D eigenvalue weighted by Gasteiger charge is -2.21. The molecule has 6 nitrogen and oxygen atoms in total. The average Bonchev–Trinajstić information content (AvgIpc) is 2.92. The van der Waals surface area contributed by atoms with Crippen LogP contribution in [0.2, 0.25) is 0 Å². The summed E-state index contributed by atoms with van der Waals surface area (Å²) in [5, 5.41) is 7.86. The molecule has 112 valence electrons. The molecule has 0 radical (unpaired) electrons. The van der Waals surface area contributed by atoms with Crippen LogP contribution in [-0.2, 0) is 16.1 Å². The van der Waals surface area contributed by atoms with Gasteiger partial charge in [0.15, 0.2) is 0 Å². The second-order valence-electron chi connectivity index (χ2n) is 5.27. The quantitative estimate of drug-likeness (QED) is 0.695. The summed E-state index contributed by atoms with van der Waals surface area (Å²) in [4.78, 5) is 10.5. The highest BCUT2D eigenvalue weighted by atomic mass is 16.5. The summed E-state index contributed by atoms with van der Waals surface area (Å²) in [5.41, 5.74) is 6.02. The summed E-state index contributed by atoms with van der Waals surface area (Å²) in [7, 11) is 0. The second-order valence-corrected chi connectivity index (χ2v) is 5.27. The van der Waals surface area contributed by atoms with Crippen LogP contribution in [0.4, 0.5) is 0 Å². The number of hydrogen-bond donors (Lipinski definition) is 2. The summed E-state index contributed by atoms with van der Waals surface area (Å²) in [6.45, 7) is 1.87. The molecule has 1 aromatic heterocycles. The van der Waals surface area contributed by atoms with Crippen LogP contribution in [0, 0.1) is 0 Å². The molecule has 1 saturated carbocycles. The monoisotopic (exact) mass is 280 g/mol. The number of nitrogens with one attached hydrogen (secondary N) is 1. The molecule has 1 amide bonds. The van der Waals surface area contributed by atoms with Gasteiger partial charge in [0.05, 0.1) is 18.3 Å². The molecule has 1 aliphatic rings. The van der Waals surface area contributed by atoms with E-state index in [2.05, 4.69) is 27.4 Å². The smallest absolute Gasteiger partial charge is 0.243 e. The van der Waals surface area contributed by atoms with Crippen molar-refractivity contribution in [1.82, 2.24) is 15.1 Å². The molecular formula is C14H24N4O2. The Bertz CT molecular complexity index is 413. The Kier molecular flexibility index (Phi) is 6.01. The highest BCUT2D eigenvalue weighted by Crippen LogP contribution is 2.27. The topological polar surface area (TPSA) is 82.2 Å². The molecule has 1 heterocycles. The summed E-state index contributed by atoms with van der Waals surface area (Å²) in [6.07, 6.45) is 8.56. The Labute approximate surface area is 119 Å². The standard InChI is InChI=1S/C14H24N4O2/c15-14(19)11-20-9-7-16-10-12-6-8-18(17-12)13-4-2-1-3-5-13/h6,8,13,16H,1-5,7,9-11H2,(H2,15,19). The van der Waals surface area contributed by atoms with Gasteiger partial charge in [-0.2, -0.15) is 5.10 Å². The van der Waals surface area contributed by atoms with Gasteiger partial charge in [-0.05, 0) is 18.9 Å². The van der Waals surface area contributed by atoms with Crippen molar-refractivity contribution in [3.63, 3.8) is 0 Å². The number of carbonyl (C=O) groups excluding carboxylic acids is 1. The van der Waals surface area contributed by atoms with E-state index in [0.29, 0.717) is 19.2 Å². The predicted octanol–water partition coefficient (Wildman–Crippen LogP) is 0.980. The van der Waals surface area contributed by atoms with Gasteiger partial charge in [-0.1, -0.05) is 19.3 Å². The van der Waals surface area contributed by atoms with E-state index in [1.165, 1.54) is 32.1 Å². The maximum atomic E-state index is 10.5. The lowest BCUT2D eigenvalue weighted by Crippen LogP contribution is -2.24. The van der Waals surface area contributed by atoms with Crippen LogP contribution in [0.25, 0.3) is 0 Å². The van der Waals surface area contributed by atoms with Crippen molar-refractivity contribution in [1.29, 1.82) is 0 Å². The SMILES string of the molecule is NC(=O)COCCNCc1ccn(C2CCCCC2)n1. The van der Waals surface area contributed by atoms with Crippen LogP contribution in [0.3, 0.4) is 0 Å². The summed E-state index contributed by atoms with van der Waals surface area (Å²) in [5.74, 6) is -0.434. The minimum atomic E-state index is -0.434. The van der Waals surface area contributed by atoms with Crippen molar-refractivity contribution in [2.75, 3.05) is 19.8 Å². The van der Waals surface area contributed by atoms with E-state index >= 15 is 0 Å². The van der Waals surface area contributed by atoms with E-state index in [-0.39, 0.29) is 6.61 Å². The molecule has 0 spiro atoms. The Balaban J connectivity index is 1.64. The fourth-order valence-corrected chi connectivity index (χ4v) is 2.55. The molecule has 0 aliphatic heterocycles. The largest absolute Gasteiger partial charge is 0.370 e. The van der Waals surface area contributed by atoms with Gasteiger partial charge >= 0.3 is 0 Å². The van der Waals surface area contributed by atoms with E-state index in [4.69, 9.17) is 10.5 Å². The van der Waals surface area contributed by atoms with Crippen LogP contribution in [-0.4, -0.2) is 35.4 Å². The van der Waals surface area contributed by atoms with Crippen LogP contribution in [0.1, 0.15) is 43.8 Å². The molecule has 0 saturated heterocycles. The summed E-state index contributed by atoms with van der Waals surface area (Å²) in [6, 6.07) is 2.64. The first-order valence-electron chi connectivity index (χ1n) is 7.36. The maximum Gasteiger partial charge on any atom is 0.243 e. The van der Waals surface area contributed by atoms with Gasteiger partial charge in [-0.25, -0.2) is 0 Å². The Morgan fingerprint density at radius 1 is 1.45 bits per heavy atom. The van der Waals surface area contributed by atoms with Gasteiger partial charge < -0.3 is 15.8 Å². The number of primary amides is 1. The number of nitrogens with zero attached hydrogens (tertiary/aromatic N) is 2. The number of carbonyl (C=O) groups is 1.